The van der Waals surface area contributed by atoms with Crippen LogP contribution in [0.25, 0.3) is 0 Å². The van der Waals surface area contributed by atoms with Gasteiger partial charge in [0.05, 0.1) is 25.4 Å². The molecule has 0 aromatic carbocycles. The van der Waals surface area contributed by atoms with Crippen molar-refractivity contribution in [1.82, 2.24) is 5.32 Å². The number of hydrogen-bond acceptors (Lipinski definition) is 5. The zero-order valence-electron chi connectivity index (χ0n) is 47.3. The van der Waals surface area contributed by atoms with E-state index < -0.39 is 12.1 Å². The molecule has 2 atom stereocenters. The van der Waals surface area contributed by atoms with E-state index >= 15 is 0 Å². The SMILES string of the molecule is CCCCC/C=C\CCCCCCCC(=O)OCCCCCCCCCCCCCCCCCCCCCCCCCCCCCC(=O)NC(CO)C(O)/C=C/CCCCCCCCCCCCCC. The Morgan fingerprint density at radius 2 is 0.671 bits per heavy atom. The normalized spacial score (nSPS) is 12.7. The van der Waals surface area contributed by atoms with Gasteiger partial charge in [0.1, 0.15) is 0 Å². The molecule has 0 aromatic rings. The van der Waals surface area contributed by atoms with Crippen molar-refractivity contribution in [3.8, 4) is 0 Å². The van der Waals surface area contributed by atoms with Gasteiger partial charge in [-0.15, -0.1) is 0 Å². The summed E-state index contributed by atoms with van der Waals surface area (Å²) in [5.41, 5.74) is 0. The van der Waals surface area contributed by atoms with Crippen LogP contribution in [-0.2, 0) is 14.3 Å². The lowest BCUT2D eigenvalue weighted by Crippen LogP contribution is -2.45. The fraction of sp³-hybridized carbons (Fsp3) is 0.906. The molecule has 1 amide bonds. The highest BCUT2D eigenvalue weighted by molar-refractivity contribution is 5.76. The van der Waals surface area contributed by atoms with Crippen molar-refractivity contribution in [2.24, 2.45) is 0 Å². The molecule has 0 saturated heterocycles. The first-order chi connectivity index (χ1) is 34.5. The highest BCUT2D eigenvalue weighted by atomic mass is 16.5. The van der Waals surface area contributed by atoms with Gasteiger partial charge in [-0.1, -0.05) is 301 Å². The quantitative estimate of drug-likeness (QED) is 0.0321. The molecular formula is C64H123NO5. The van der Waals surface area contributed by atoms with E-state index in [2.05, 4.69) is 31.3 Å². The zero-order valence-corrected chi connectivity index (χ0v) is 47.3. The number of aliphatic hydroxyl groups excluding tert-OH is 2. The summed E-state index contributed by atoms with van der Waals surface area (Å²) in [7, 11) is 0. The molecule has 0 aliphatic heterocycles. The van der Waals surface area contributed by atoms with Crippen LogP contribution in [0.5, 0.6) is 0 Å². The minimum atomic E-state index is -0.841. The number of amides is 1. The van der Waals surface area contributed by atoms with Crippen LogP contribution in [0, 0.1) is 0 Å². The Labute approximate surface area is 437 Å². The van der Waals surface area contributed by atoms with E-state index in [-0.39, 0.29) is 18.5 Å². The predicted octanol–water partition coefficient (Wildman–Crippen LogP) is 19.8. The summed E-state index contributed by atoms with van der Waals surface area (Å²) >= 11 is 0. The van der Waals surface area contributed by atoms with Gasteiger partial charge in [0.15, 0.2) is 0 Å². The van der Waals surface area contributed by atoms with Gasteiger partial charge in [0, 0.05) is 12.8 Å². The molecule has 0 fully saturated rings. The lowest BCUT2D eigenvalue weighted by Gasteiger charge is -2.20. The van der Waals surface area contributed by atoms with Gasteiger partial charge in [-0.3, -0.25) is 9.59 Å². The Morgan fingerprint density at radius 1 is 0.386 bits per heavy atom. The van der Waals surface area contributed by atoms with Gasteiger partial charge in [0.2, 0.25) is 5.91 Å². The third-order valence-corrected chi connectivity index (χ3v) is 14.7. The summed E-state index contributed by atoms with van der Waals surface area (Å²) < 4.78 is 5.47. The van der Waals surface area contributed by atoms with Crippen molar-refractivity contribution in [3.63, 3.8) is 0 Å². The first kappa shape index (κ1) is 68.3. The lowest BCUT2D eigenvalue weighted by atomic mass is 10.0. The number of unbranched alkanes of at least 4 members (excludes halogenated alkanes) is 46. The Bertz CT molecular complexity index is 1090. The monoisotopic (exact) mass is 986 g/mol. The fourth-order valence-corrected chi connectivity index (χ4v) is 9.87. The van der Waals surface area contributed by atoms with Crippen molar-refractivity contribution in [2.75, 3.05) is 13.2 Å². The Kier molecular flexibility index (Phi) is 58.5. The smallest absolute Gasteiger partial charge is 0.305 e. The molecule has 3 N–H and O–H groups in total. The summed E-state index contributed by atoms with van der Waals surface area (Å²) in [6.45, 7) is 4.90. The highest BCUT2D eigenvalue weighted by Gasteiger charge is 2.18. The maximum Gasteiger partial charge on any atom is 0.305 e. The molecule has 6 heteroatoms. The maximum atomic E-state index is 12.5. The number of esters is 1. The maximum absolute atomic E-state index is 12.5. The number of carbonyl (C=O) groups excluding carboxylic acids is 2. The van der Waals surface area contributed by atoms with Gasteiger partial charge in [-0.25, -0.2) is 0 Å². The molecule has 0 saturated carbocycles. The van der Waals surface area contributed by atoms with Crippen molar-refractivity contribution >= 4 is 11.9 Å². The number of carbonyl (C=O) groups is 2. The zero-order chi connectivity index (χ0) is 50.7. The van der Waals surface area contributed by atoms with Gasteiger partial charge in [0.25, 0.3) is 0 Å². The van der Waals surface area contributed by atoms with Gasteiger partial charge in [-0.05, 0) is 57.8 Å². The summed E-state index contributed by atoms with van der Waals surface area (Å²) in [6, 6.07) is -0.625. The number of ether oxygens (including phenoxy) is 1. The lowest BCUT2D eigenvalue weighted by molar-refractivity contribution is -0.143. The Balaban J connectivity index is 3.36. The second kappa shape index (κ2) is 59.9. The molecule has 0 aromatic heterocycles. The topological polar surface area (TPSA) is 95.9 Å². The van der Waals surface area contributed by atoms with Crippen LogP contribution >= 0.6 is 0 Å². The average Bonchev–Trinajstić information content (AvgIpc) is 3.36. The Hall–Kier alpha value is -1.66. The van der Waals surface area contributed by atoms with E-state index in [1.54, 1.807) is 6.08 Å². The summed E-state index contributed by atoms with van der Waals surface area (Å²) in [6.07, 6.45) is 73.7. The number of allylic oxidation sites excluding steroid dienone is 3. The van der Waals surface area contributed by atoms with Crippen LogP contribution in [0.4, 0.5) is 0 Å². The summed E-state index contributed by atoms with van der Waals surface area (Å²) in [5.74, 6) is -0.0561. The number of aliphatic hydroxyl groups is 2. The van der Waals surface area contributed by atoms with Gasteiger partial charge in [-0.2, -0.15) is 0 Å². The largest absolute Gasteiger partial charge is 0.466 e. The third-order valence-electron chi connectivity index (χ3n) is 14.7. The second-order valence-electron chi connectivity index (χ2n) is 21.7. The molecule has 414 valence electrons. The first-order valence-electron chi connectivity index (χ1n) is 31.6. The third kappa shape index (κ3) is 55.7. The van der Waals surface area contributed by atoms with Crippen molar-refractivity contribution in [1.29, 1.82) is 0 Å². The van der Waals surface area contributed by atoms with Gasteiger partial charge >= 0.3 is 5.97 Å². The molecule has 0 aliphatic rings. The summed E-state index contributed by atoms with van der Waals surface area (Å²) in [5, 5.41) is 23.1. The van der Waals surface area contributed by atoms with Gasteiger partial charge < -0.3 is 20.3 Å². The van der Waals surface area contributed by atoms with E-state index in [1.165, 1.54) is 276 Å². The second-order valence-corrected chi connectivity index (χ2v) is 21.7. The molecular weight excluding hydrogens is 863 g/mol. The molecule has 0 radical (unpaired) electrons. The van der Waals surface area contributed by atoms with E-state index in [1.807, 2.05) is 6.08 Å². The van der Waals surface area contributed by atoms with Crippen molar-refractivity contribution in [3.05, 3.63) is 24.3 Å². The van der Waals surface area contributed by atoms with E-state index in [0.29, 0.717) is 19.4 Å². The number of rotatable bonds is 59. The molecule has 6 nitrogen and oxygen atoms in total. The van der Waals surface area contributed by atoms with E-state index in [4.69, 9.17) is 4.74 Å². The first-order valence-corrected chi connectivity index (χ1v) is 31.6. The minimum absolute atomic E-state index is 0.00774. The van der Waals surface area contributed by atoms with E-state index in [9.17, 15) is 19.8 Å². The minimum Gasteiger partial charge on any atom is -0.466 e. The van der Waals surface area contributed by atoms with Crippen LogP contribution in [0.2, 0.25) is 0 Å². The van der Waals surface area contributed by atoms with Crippen LogP contribution in [0.3, 0.4) is 0 Å². The molecule has 0 heterocycles. The molecule has 0 spiro atoms. The van der Waals surface area contributed by atoms with Crippen LogP contribution in [-0.4, -0.2) is 47.4 Å². The predicted molar refractivity (Wildman–Crippen MR) is 306 cm³/mol. The van der Waals surface area contributed by atoms with Crippen molar-refractivity contribution in [2.45, 2.75) is 360 Å². The standard InChI is InChI=1S/C64H123NO5/c1-3-5-7-9-11-13-15-17-33-36-40-44-48-52-56-62(67)61(60-66)65-63(68)57-53-49-45-41-37-34-31-29-27-25-23-21-19-18-20-22-24-26-28-30-32-35-39-43-47-51-55-59-70-64(69)58-54-50-46-42-38-16-14-12-10-8-6-4-2/h12,14,52,56,61-62,66-67H,3-11,13,15-51,53-55,57-60H2,1-2H3,(H,65,68)/b14-12-,56-52+. The molecule has 70 heavy (non-hydrogen) atoms. The highest BCUT2D eigenvalue weighted by Crippen LogP contribution is 2.18. The number of nitrogens with one attached hydrogen (secondary N) is 1. The molecule has 0 aliphatic carbocycles. The van der Waals surface area contributed by atoms with Crippen LogP contribution < -0.4 is 5.32 Å². The number of hydrogen-bond donors (Lipinski definition) is 3. The fourth-order valence-electron chi connectivity index (χ4n) is 9.87. The van der Waals surface area contributed by atoms with Crippen LogP contribution in [0.1, 0.15) is 348 Å². The molecule has 0 rings (SSSR count). The average molecular weight is 987 g/mol. The van der Waals surface area contributed by atoms with Crippen molar-refractivity contribution < 1.29 is 24.5 Å². The summed E-state index contributed by atoms with van der Waals surface area (Å²) in [4.78, 5) is 24.5. The van der Waals surface area contributed by atoms with E-state index in [0.717, 1.165) is 44.9 Å². The van der Waals surface area contributed by atoms with Crippen LogP contribution in [0.15, 0.2) is 24.3 Å². The Morgan fingerprint density at radius 3 is 1.04 bits per heavy atom. The molecule has 2 unspecified atom stereocenters. The molecule has 0 bridgehead atoms.